The molecule has 0 spiro atoms. The highest BCUT2D eigenvalue weighted by Crippen LogP contribution is 2.36. The van der Waals surface area contributed by atoms with E-state index in [1.54, 1.807) is 24.3 Å². The highest BCUT2D eigenvalue weighted by Gasteiger charge is 2.35. The number of benzene rings is 1. The maximum Gasteiger partial charge on any atom is 0.446 e. The molecule has 1 aliphatic heterocycles. The lowest BCUT2D eigenvalue weighted by Crippen LogP contribution is -2.51. The summed E-state index contributed by atoms with van der Waals surface area (Å²) in [6, 6.07) is 12.7. The fraction of sp³-hybridized carbons (Fsp3) is 0.333. The summed E-state index contributed by atoms with van der Waals surface area (Å²) in [6.07, 6.45) is 4.21. The molecule has 0 aliphatic carbocycles. The lowest BCUT2D eigenvalue weighted by molar-refractivity contribution is -0.0328. The molecular formula is C27H28F3N5O3S2. The molecule has 2 atom stereocenters. The van der Waals surface area contributed by atoms with Gasteiger partial charge in [-0.05, 0) is 71.6 Å². The highest BCUT2D eigenvalue weighted by atomic mass is 32.2. The van der Waals surface area contributed by atoms with Gasteiger partial charge in [-0.3, -0.25) is 0 Å². The standard InChI is InChI=1S/C27H28F3N5O3S2/c1-17(2)23-14-32-26-10-5-19(15-35(23)26)18-3-7-21(8-4-18)40(37,38)34-12-11-22(24(36)16-34)33-25-9-6-20(13-31-25)39-27(28,29)30/h3-10,13-15,17,22,24,36H,11-12,16H2,1-2H3,(H,31,33)/t22-,24+/m1/s1. The van der Waals surface area contributed by atoms with E-state index in [-0.39, 0.29) is 34.6 Å². The van der Waals surface area contributed by atoms with Crippen LogP contribution in [0.2, 0.25) is 0 Å². The number of piperidine rings is 1. The second-order valence-electron chi connectivity index (χ2n) is 9.90. The van der Waals surface area contributed by atoms with Gasteiger partial charge < -0.3 is 14.8 Å². The number of pyridine rings is 2. The zero-order chi connectivity index (χ0) is 28.7. The van der Waals surface area contributed by atoms with Gasteiger partial charge in [0.2, 0.25) is 10.0 Å². The summed E-state index contributed by atoms with van der Waals surface area (Å²) in [5.74, 6) is 0.600. The Kier molecular flexibility index (Phi) is 7.83. The van der Waals surface area contributed by atoms with E-state index in [1.165, 1.54) is 16.4 Å². The van der Waals surface area contributed by atoms with E-state index in [4.69, 9.17) is 0 Å². The van der Waals surface area contributed by atoms with Crippen molar-refractivity contribution < 1.29 is 26.7 Å². The van der Waals surface area contributed by atoms with Gasteiger partial charge in [-0.1, -0.05) is 26.0 Å². The number of hydrogen-bond donors (Lipinski definition) is 2. The highest BCUT2D eigenvalue weighted by molar-refractivity contribution is 8.00. The predicted molar refractivity (Wildman–Crippen MR) is 148 cm³/mol. The maximum atomic E-state index is 13.3. The third kappa shape index (κ3) is 6.12. The largest absolute Gasteiger partial charge is 0.446 e. The first-order valence-corrected chi connectivity index (χ1v) is 14.9. The van der Waals surface area contributed by atoms with Crippen molar-refractivity contribution in [2.24, 2.45) is 0 Å². The van der Waals surface area contributed by atoms with Crippen LogP contribution >= 0.6 is 11.8 Å². The van der Waals surface area contributed by atoms with Crippen LogP contribution in [0.3, 0.4) is 0 Å². The quantitative estimate of drug-likeness (QED) is 0.279. The Labute approximate surface area is 234 Å². The van der Waals surface area contributed by atoms with Gasteiger partial charge in [0.25, 0.3) is 0 Å². The van der Waals surface area contributed by atoms with E-state index in [0.717, 1.165) is 28.7 Å². The number of thioether (sulfide) groups is 1. The van der Waals surface area contributed by atoms with Crippen molar-refractivity contribution in [3.8, 4) is 11.1 Å². The monoisotopic (exact) mass is 591 g/mol. The molecular weight excluding hydrogens is 563 g/mol. The van der Waals surface area contributed by atoms with Crippen molar-refractivity contribution in [2.75, 3.05) is 18.4 Å². The SMILES string of the molecule is CC(C)c1cnc2ccc(-c3ccc(S(=O)(=O)N4CC[C@@H](Nc5ccc(SC(F)(F)F)cn5)[C@@H](O)C4)cc3)cn12. The molecule has 4 heterocycles. The lowest BCUT2D eigenvalue weighted by Gasteiger charge is -2.35. The van der Waals surface area contributed by atoms with Crippen LogP contribution in [-0.2, 0) is 10.0 Å². The van der Waals surface area contributed by atoms with E-state index in [9.17, 15) is 26.7 Å². The molecule has 212 valence electrons. The number of hydrogen-bond acceptors (Lipinski definition) is 7. The van der Waals surface area contributed by atoms with Crippen molar-refractivity contribution in [2.45, 2.75) is 53.6 Å². The molecule has 0 bridgehead atoms. The second-order valence-corrected chi connectivity index (χ2v) is 13.0. The Balaban J connectivity index is 1.25. The van der Waals surface area contributed by atoms with Crippen LogP contribution < -0.4 is 5.32 Å². The molecule has 40 heavy (non-hydrogen) atoms. The number of fused-ring (bicyclic) bond motifs is 1. The fourth-order valence-electron chi connectivity index (χ4n) is 4.70. The van der Waals surface area contributed by atoms with Crippen LogP contribution in [0.4, 0.5) is 19.0 Å². The fourth-order valence-corrected chi connectivity index (χ4v) is 6.69. The molecule has 0 amide bonds. The van der Waals surface area contributed by atoms with Gasteiger partial charge in [-0.15, -0.1) is 0 Å². The Morgan fingerprint density at radius 2 is 1.75 bits per heavy atom. The van der Waals surface area contributed by atoms with E-state index in [1.807, 2.05) is 28.9 Å². The first-order chi connectivity index (χ1) is 18.9. The van der Waals surface area contributed by atoms with Crippen LogP contribution in [0, 0.1) is 0 Å². The summed E-state index contributed by atoms with van der Waals surface area (Å²) < 4.78 is 67.5. The third-order valence-electron chi connectivity index (χ3n) is 6.80. The molecule has 4 aromatic rings. The Morgan fingerprint density at radius 1 is 1.02 bits per heavy atom. The number of nitrogens with one attached hydrogen (secondary N) is 1. The second kappa shape index (κ2) is 11.0. The first kappa shape index (κ1) is 28.4. The topological polar surface area (TPSA) is 99.8 Å². The number of halogens is 3. The van der Waals surface area contributed by atoms with Crippen LogP contribution in [0.25, 0.3) is 16.8 Å². The van der Waals surface area contributed by atoms with Gasteiger partial charge >= 0.3 is 5.51 Å². The van der Waals surface area contributed by atoms with Crippen LogP contribution in [0.15, 0.2) is 76.9 Å². The zero-order valence-corrected chi connectivity index (χ0v) is 23.3. The van der Waals surface area contributed by atoms with Crippen molar-refractivity contribution in [1.29, 1.82) is 0 Å². The number of aromatic nitrogens is 3. The Morgan fingerprint density at radius 3 is 2.38 bits per heavy atom. The van der Waals surface area contributed by atoms with Crippen LogP contribution in [-0.4, -0.2) is 62.9 Å². The summed E-state index contributed by atoms with van der Waals surface area (Å²) in [4.78, 5) is 8.50. The van der Waals surface area contributed by atoms with E-state index in [0.29, 0.717) is 18.2 Å². The van der Waals surface area contributed by atoms with Crippen molar-refractivity contribution >= 4 is 33.3 Å². The van der Waals surface area contributed by atoms with Gasteiger partial charge in [0.1, 0.15) is 11.5 Å². The predicted octanol–water partition coefficient (Wildman–Crippen LogP) is 5.37. The number of aliphatic hydroxyl groups is 1. The average molecular weight is 592 g/mol. The number of imidazole rings is 1. The molecule has 0 radical (unpaired) electrons. The van der Waals surface area contributed by atoms with E-state index in [2.05, 4.69) is 29.1 Å². The van der Waals surface area contributed by atoms with Gasteiger partial charge in [0, 0.05) is 42.3 Å². The third-order valence-corrected chi connectivity index (χ3v) is 9.39. The first-order valence-electron chi connectivity index (χ1n) is 12.6. The molecule has 0 unspecified atom stereocenters. The van der Waals surface area contributed by atoms with Crippen LogP contribution in [0.5, 0.6) is 0 Å². The number of aliphatic hydroxyl groups excluding tert-OH is 1. The molecule has 1 fully saturated rings. The summed E-state index contributed by atoms with van der Waals surface area (Å²) in [5, 5.41) is 13.7. The molecule has 1 aliphatic rings. The lowest BCUT2D eigenvalue weighted by atomic mass is 10.0. The molecule has 1 saturated heterocycles. The minimum atomic E-state index is -4.40. The van der Waals surface area contributed by atoms with Gasteiger partial charge in [0.05, 0.1) is 17.0 Å². The van der Waals surface area contributed by atoms with Crippen molar-refractivity contribution in [1.82, 2.24) is 18.7 Å². The van der Waals surface area contributed by atoms with Crippen LogP contribution in [0.1, 0.15) is 31.9 Å². The number of sulfonamides is 1. The summed E-state index contributed by atoms with van der Waals surface area (Å²) in [6.45, 7) is 4.23. The zero-order valence-electron chi connectivity index (χ0n) is 21.7. The summed E-state index contributed by atoms with van der Waals surface area (Å²) in [5.41, 5.74) is -0.689. The van der Waals surface area contributed by atoms with Crippen molar-refractivity contribution in [3.05, 3.63) is 72.8 Å². The summed E-state index contributed by atoms with van der Waals surface area (Å²) >= 11 is -0.258. The molecule has 1 aromatic carbocycles. The number of alkyl halides is 3. The molecule has 3 aromatic heterocycles. The molecule has 8 nitrogen and oxygen atoms in total. The Hall–Kier alpha value is -3.13. The normalized spacial score (nSPS) is 18.9. The minimum Gasteiger partial charge on any atom is -0.390 e. The van der Waals surface area contributed by atoms with Gasteiger partial charge in [-0.2, -0.15) is 17.5 Å². The number of β-amino-alcohol motifs (C(OH)–C–C–N with tert-alkyl or cyclic N) is 1. The average Bonchev–Trinajstić information content (AvgIpc) is 3.34. The molecule has 5 rings (SSSR count). The van der Waals surface area contributed by atoms with E-state index >= 15 is 0 Å². The summed E-state index contributed by atoms with van der Waals surface area (Å²) in [7, 11) is -3.85. The maximum absolute atomic E-state index is 13.3. The number of anilines is 1. The number of nitrogens with zero attached hydrogens (tertiary/aromatic N) is 4. The van der Waals surface area contributed by atoms with Crippen molar-refractivity contribution in [3.63, 3.8) is 0 Å². The molecule has 13 heteroatoms. The van der Waals surface area contributed by atoms with E-state index < -0.39 is 27.7 Å². The molecule has 2 N–H and O–H groups in total. The van der Waals surface area contributed by atoms with Gasteiger partial charge in [0.15, 0.2) is 0 Å². The smallest absolute Gasteiger partial charge is 0.390 e. The number of rotatable bonds is 7. The molecule has 0 saturated carbocycles. The Bertz CT molecular complexity index is 1590. The minimum absolute atomic E-state index is 0.0480. The van der Waals surface area contributed by atoms with Gasteiger partial charge in [-0.25, -0.2) is 18.4 Å².